The number of carbonyl (C=O) groups excluding carboxylic acids is 1. The van der Waals surface area contributed by atoms with Crippen molar-refractivity contribution in [1.82, 2.24) is 14.8 Å². The number of esters is 1. The van der Waals surface area contributed by atoms with Crippen LogP contribution in [-0.2, 0) is 25.8 Å². The van der Waals surface area contributed by atoms with Gasteiger partial charge in [0, 0.05) is 17.5 Å². The van der Waals surface area contributed by atoms with Crippen molar-refractivity contribution in [2.24, 2.45) is 0 Å². The van der Waals surface area contributed by atoms with Crippen molar-refractivity contribution in [2.75, 3.05) is 18.6 Å². The van der Waals surface area contributed by atoms with E-state index in [1.807, 2.05) is 20.8 Å². The summed E-state index contributed by atoms with van der Waals surface area (Å²) in [6.07, 6.45) is 1.44. The van der Waals surface area contributed by atoms with Crippen LogP contribution >= 0.6 is 0 Å². The Hall–Kier alpha value is -1.96. The number of pyridine rings is 1. The average molecular weight is 365 g/mol. The Morgan fingerprint density at radius 1 is 1.28 bits per heavy atom. The summed E-state index contributed by atoms with van der Waals surface area (Å²) in [6.45, 7) is 5.83. The zero-order valence-corrected chi connectivity index (χ0v) is 15.8. The summed E-state index contributed by atoms with van der Waals surface area (Å²) < 4.78 is 30.1. The fourth-order valence-corrected chi connectivity index (χ4v) is 5.34. The second-order valence-corrected chi connectivity index (χ2v) is 8.89. The molecule has 0 N–H and O–H groups in total. The Labute approximate surface area is 147 Å². The number of aromatic nitrogens is 3. The molecule has 0 aromatic carbocycles. The SMILES string of the molecule is COC(=O)CCc1c(C)nc2c(c(C)nn2[C@H]2CCS(=O)(=O)C2)c1C. The molecule has 136 valence electrons. The van der Waals surface area contributed by atoms with Gasteiger partial charge in [-0.05, 0) is 44.7 Å². The zero-order valence-electron chi connectivity index (χ0n) is 15.0. The van der Waals surface area contributed by atoms with E-state index >= 15 is 0 Å². The van der Waals surface area contributed by atoms with E-state index < -0.39 is 9.84 Å². The van der Waals surface area contributed by atoms with Crippen molar-refractivity contribution in [3.8, 4) is 0 Å². The molecule has 0 aliphatic carbocycles. The maximum atomic E-state index is 11.8. The highest BCUT2D eigenvalue weighted by molar-refractivity contribution is 7.91. The molecule has 0 amide bonds. The van der Waals surface area contributed by atoms with E-state index in [0.29, 0.717) is 19.3 Å². The van der Waals surface area contributed by atoms with E-state index in [9.17, 15) is 13.2 Å². The van der Waals surface area contributed by atoms with E-state index in [0.717, 1.165) is 33.5 Å². The Morgan fingerprint density at radius 3 is 2.60 bits per heavy atom. The fourth-order valence-electron chi connectivity index (χ4n) is 3.65. The summed E-state index contributed by atoms with van der Waals surface area (Å²) >= 11 is 0. The van der Waals surface area contributed by atoms with Crippen LogP contribution in [0.5, 0.6) is 0 Å². The lowest BCUT2D eigenvalue weighted by Crippen LogP contribution is -2.13. The van der Waals surface area contributed by atoms with Crippen molar-refractivity contribution in [2.45, 2.75) is 46.1 Å². The summed E-state index contributed by atoms with van der Waals surface area (Å²) in [5.41, 5.74) is 4.49. The van der Waals surface area contributed by atoms with Crippen LogP contribution in [0.1, 0.15) is 41.4 Å². The van der Waals surface area contributed by atoms with E-state index in [-0.39, 0.29) is 23.5 Å². The molecule has 25 heavy (non-hydrogen) atoms. The number of carbonyl (C=O) groups is 1. The number of methoxy groups -OCH3 is 1. The predicted octanol–water partition coefficient (Wildman–Crippen LogP) is 1.82. The standard InChI is InChI=1S/C17H23N3O4S/c1-10-14(5-6-15(21)24-4)11(2)18-17-16(10)12(3)19-20(17)13-7-8-25(22,23)9-13/h13H,5-9H2,1-4H3/t13-/m0/s1. The van der Waals surface area contributed by atoms with Crippen LogP contribution in [0.4, 0.5) is 0 Å². The third-order valence-electron chi connectivity index (χ3n) is 4.96. The third-order valence-corrected chi connectivity index (χ3v) is 6.71. The van der Waals surface area contributed by atoms with E-state index in [1.54, 1.807) is 4.68 Å². The van der Waals surface area contributed by atoms with E-state index in [1.165, 1.54) is 7.11 Å². The summed E-state index contributed by atoms with van der Waals surface area (Å²) in [4.78, 5) is 16.2. The highest BCUT2D eigenvalue weighted by Gasteiger charge is 2.32. The molecule has 1 aliphatic rings. The highest BCUT2D eigenvalue weighted by Crippen LogP contribution is 2.31. The van der Waals surface area contributed by atoms with Crippen LogP contribution in [0.15, 0.2) is 0 Å². The minimum absolute atomic E-state index is 0.118. The van der Waals surface area contributed by atoms with Gasteiger partial charge in [0.25, 0.3) is 0 Å². The number of sulfone groups is 1. The maximum absolute atomic E-state index is 11.8. The van der Waals surface area contributed by atoms with E-state index in [4.69, 9.17) is 9.72 Å². The van der Waals surface area contributed by atoms with Crippen molar-refractivity contribution < 1.29 is 17.9 Å². The van der Waals surface area contributed by atoms with Crippen molar-refractivity contribution >= 4 is 26.8 Å². The number of aryl methyl sites for hydroxylation is 3. The first-order chi connectivity index (χ1) is 11.7. The molecule has 1 atom stereocenters. The molecule has 0 unspecified atom stereocenters. The van der Waals surface area contributed by atoms with Gasteiger partial charge in [-0.1, -0.05) is 0 Å². The molecule has 3 rings (SSSR count). The molecule has 1 aliphatic heterocycles. The van der Waals surface area contributed by atoms with E-state index in [2.05, 4.69) is 5.10 Å². The molecule has 1 fully saturated rings. The predicted molar refractivity (Wildman–Crippen MR) is 94.4 cm³/mol. The topological polar surface area (TPSA) is 91.2 Å². The molecule has 1 saturated heterocycles. The minimum Gasteiger partial charge on any atom is -0.469 e. The molecule has 0 radical (unpaired) electrons. The van der Waals surface area contributed by atoms with Gasteiger partial charge in [0.15, 0.2) is 15.5 Å². The van der Waals surface area contributed by atoms with Crippen molar-refractivity contribution in [3.05, 3.63) is 22.5 Å². The second kappa shape index (κ2) is 6.40. The number of hydrogen-bond acceptors (Lipinski definition) is 6. The quantitative estimate of drug-likeness (QED) is 0.768. The third kappa shape index (κ3) is 3.27. The Bertz CT molecular complexity index is 947. The lowest BCUT2D eigenvalue weighted by atomic mass is 9.99. The van der Waals surface area contributed by atoms with Gasteiger partial charge in [0.1, 0.15) is 0 Å². The molecule has 0 spiro atoms. The van der Waals surface area contributed by atoms with Gasteiger partial charge in [-0.15, -0.1) is 0 Å². The molecule has 3 heterocycles. The van der Waals surface area contributed by atoms with Crippen LogP contribution in [0.2, 0.25) is 0 Å². The first-order valence-electron chi connectivity index (χ1n) is 8.35. The lowest BCUT2D eigenvalue weighted by Gasteiger charge is -2.13. The number of hydrogen-bond donors (Lipinski definition) is 0. The average Bonchev–Trinajstić information content (AvgIpc) is 3.06. The Kier molecular flexibility index (Phi) is 4.57. The molecule has 2 aromatic heterocycles. The molecule has 7 nitrogen and oxygen atoms in total. The molecule has 8 heteroatoms. The van der Waals surface area contributed by atoms with Gasteiger partial charge >= 0.3 is 5.97 Å². The van der Waals surface area contributed by atoms with Gasteiger partial charge in [0.2, 0.25) is 0 Å². The second-order valence-electron chi connectivity index (χ2n) is 6.66. The lowest BCUT2D eigenvalue weighted by molar-refractivity contribution is -0.140. The molecule has 0 saturated carbocycles. The normalized spacial score (nSPS) is 19.4. The minimum atomic E-state index is -2.99. The van der Waals surface area contributed by atoms with Gasteiger partial charge < -0.3 is 4.74 Å². The summed E-state index contributed by atoms with van der Waals surface area (Å²) in [6, 6.07) is -0.159. The highest BCUT2D eigenvalue weighted by atomic mass is 32.2. The molecule has 0 bridgehead atoms. The number of rotatable bonds is 4. The number of ether oxygens (including phenoxy) is 1. The van der Waals surface area contributed by atoms with Crippen LogP contribution < -0.4 is 0 Å². The monoisotopic (exact) mass is 365 g/mol. The van der Waals surface area contributed by atoms with Crippen molar-refractivity contribution in [1.29, 1.82) is 0 Å². The van der Waals surface area contributed by atoms with Gasteiger partial charge in [0.05, 0.1) is 30.4 Å². The first kappa shape index (κ1) is 17.8. The van der Waals surface area contributed by atoms with Crippen molar-refractivity contribution in [3.63, 3.8) is 0 Å². The molecular weight excluding hydrogens is 342 g/mol. The smallest absolute Gasteiger partial charge is 0.305 e. The first-order valence-corrected chi connectivity index (χ1v) is 10.2. The number of fused-ring (bicyclic) bond motifs is 1. The summed E-state index contributed by atoms with van der Waals surface area (Å²) in [5.74, 6) is 0.0721. The molecule has 2 aromatic rings. The van der Waals surface area contributed by atoms with Gasteiger partial charge in [-0.25, -0.2) is 18.1 Å². The summed E-state index contributed by atoms with van der Waals surface area (Å²) in [7, 11) is -1.61. The maximum Gasteiger partial charge on any atom is 0.305 e. The Morgan fingerprint density at radius 2 is 2.00 bits per heavy atom. The summed E-state index contributed by atoms with van der Waals surface area (Å²) in [5, 5.41) is 5.54. The number of nitrogens with zero attached hydrogens (tertiary/aromatic N) is 3. The van der Waals surface area contributed by atoms with Gasteiger partial charge in [-0.2, -0.15) is 5.10 Å². The van der Waals surface area contributed by atoms with Crippen LogP contribution in [0, 0.1) is 20.8 Å². The molecular formula is C17H23N3O4S. The zero-order chi connectivity index (χ0) is 18.4. The van der Waals surface area contributed by atoms with Crippen LogP contribution in [0.25, 0.3) is 11.0 Å². The van der Waals surface area contributed by atoms with Crippen LogP contribution in [0.3, 0.4) is 0 Å². The fraction of sp³-hybridized carbons (Fsp3) is 0.588. The Balaban J connectivity index is 2.05. The van der Waals surface area contributed by atoms with Gasteiger partial charge in [-0.3, -0.25) is 4.79 Å². The largest absolute Gasteiger partial charge is 0.469 e. The van der Waals surface area contributed by atoms with Crippen LogP contribution in [-0.4, -0.2) is 47.8 Å².